The maximum absolute atomic E-state index is 5.99. The molecule has 90 valence electrons. The van der Waals surface area contributed by atoms with Gasteiger partial charge in [0.2, 0.25) is 0 Å². The normalized spacial score (nSPS) is 27.1. The van der Waals surface area contributed by atoms with Gasteiger partial charge < -0.3 is 9.47 Å². The van der Waals surface area contributed by atoms with Gasteiger partial charge in [0.1, 0.15) is 5.76 Å². The third kappa shape index (κ3) is 3.65. The molecule has 0 radical (unpaired) electrons. The van der Waals surface area contributed by atoms with E-state index in [0.717, 1.165) is 12.2 Å². The van der Waals surface area contributed by atoms with Crippen LogP contribution < -0.4 is 0 Å². The molecule has 1 heterocycles. The Hall–Kier alpha value is -0.803. The molecule has 1 aliphatic rings. The fourth-order valence-corrected chi connectivity index (χ4v) is 2.78. The minimum Gasteiger partial charge on any atom is -0.481 e. The van der Waals surface area contributed by atoms with Crippen LogP contribution >= 0.6 is 0 Å². The molecule has 1 atom stereocenters. The van der Waals surface area contributed by atoms with Gasteiger partial charge in [-0.25, -0.2) is 0 Å². The van der Waals surface area contributed by atoms with E-state index in [0.29, 0.717) is 6.61 Å². The molecular formula is C13H22O2Si. The highest BCUT2D eigenvalue weighted by Crippen LogP contribution is 2.30. The SMILES string of the molecule is C=CCC1(COC)C=C/C(=C/[Si](C)(C)C)O1. The summed E-state index contributed by atoms with van der Waals surface area (Å²) >= 11 is 0. The first kappa shape index (κ1) is 13.3. The largest absolute Gasteiger partial charge is 0.481 e. The van der Waals surface area contributed by atoms with Crippen LogP contribution in [0.4, 0.5) is 0 Å². The van der Waals surface area contributed by atoms with Gasteiger partial charge in [0.05, 0.1) is 14.7 Å². The standard InChI is InChI=1S/C13H22O2Si/c1-6-8-13(11-14-2)9-7-12(15-13)10-16(3,4)5/h6-7,9-10H,1,8,11H2,2-5H3/b12-10-. The first-order chi connectivity index (χ1) is 7.41. The lowest BCUT2D eigenvalue weighted by Gasteiger charge is -2.26. The van der Waals surface area contributed by atoms with Crippen LogP contribution in [0.25, 0.3) is 0 Å². The van der Waals surface area contributed by atoms with Crippen LogP contribution in [0.2, 0.25) is 19.6 Å². The van der Waals surface area contributed by atoms with Gasteiger partial charge in [0.25, 0.3) is 0 Å². The van der Waals surface area contributed by atoms with Crippen molar-refractivity contribution < 1.29 is 9.47 Å². The molecule has 3 heteroatoms. The zero-order valence-electron chi connectivity index (χ0n) is 10.7. The van der Waals surface area contributed by atoms with Crippen LogP contribution in [0, 0.1) is 0 Å². The lowest BCUT2D eigenvalue weighted by Crippen LogP contribution is -2.32. The summed E-state index contributed by atoms with van der Waals surface area (Å²) < 4.78 is 11.2. The van der Waals surface area contributed by atoms with Crippen molar-refractivity contribution in [1.82, 2.24) is 0 Å². The van der Waals surface area contributed by atoms with Crippen molar-refractivity contribution in [2.75, 3.05) is 13.7 Å². The van der Waals surface area contributed by atoms with Crippen molar-refractivity contribution in [1.29, 1.82) is 0 Å². The highest BCUT2D eigenvalue weighted by Gasteiger charge is 2.33. The summed E-state index contributed by atoms with van der Waals surface area (Å²) in [5.41, 5.74) is 1.94. The highest BCUT2D eigenvalue weighted by atomic mass is 28.3. The van der Waals surface area contributed by atoms with Crippen molar-refractivity contribution in [3.05, 3.63) is 36.3 Å². The van der Waals surface area contributed by atoms with Crippen LogP contribution in [0.15, 0.2) is 36.3 Å². The zero-order chi connectivity index (χ0) is 12.2. The van der Waals surface area contributed by atoms with E-state index < -0.39 is 8.07 Å². The first-order valence-corrected chi connectivity index (χ1v) is 9.19. The van der Waals surface area contributed by atoms with E-state index in [4.69, 9.17) is 9.47 Å². The Kier molecular flexibility index (Phi) is 4.16. The molecular weight excluding hydrogens is 216 g/mol. The van der Waals surface area contributed by atoms with E-state index in [1.54, 1.807) is 7.11 Å². The van der Waals surface area contributed by atoms with Crippen LogP contribution in [0.1, 0.15) is 6.42 Å². The Morgan fingerprint density at radius 1 is 1.50 bits per heavy atom. The molecule has 1 rings (SSSR count). The molecule has 0 spiro atoms. The van der Waals surface area contributed by atoms with Crippen molar-refractivity contribution in [2.24, 2.45) is 0 Å². The molecule has 0 aromatic rings. The minimum absolute atomic E-state index is 0.331. The smallest absolute Gasteiger partial charge is 0.154 e. The van der Waals surface area contributed by atoms with Crippen molar-refractivity contribution in [3.63, 3.8) is 0 Å². The van der Waals surface area contributed by atoms with Gasteiger partial charge in [-0.2, -0.15) is 0 Å². The van der Waals surface area contributed by atoms with Gasteiger partial charge in [-0.05, 0) is 12.2 Å². The average Bonchev–Trinajstić information content (AvgIpc) is 2.47. The summed E-state index contributed by atoms with van der Waals surface area (Å²) in [5.74, 6) is 0.984. The topological polar surface area (TPSA) is 18.5 Å². The van der Waals surface area contributed by atoms with E-state index >= 15 is 0 Å². The molecule has 0 N–H and O–H groups in total. The Morgan fingerprint density at radius 3 is 2.69 bits per heavy atom. The number of hydrogen-bond donors (Lipinski definition) is 0. The molecule has 1 aliphatic heterocycles. The van der Waals surface area contributed by atoms with Gasteiger partial charge >= 0.3 is 0 Å². The maximum atomic E-state index is 5.99. The van der Waals surface area contributed by atoms with E-state index in [1.165, 1.54) is 0 Å². The van der Waals surface area contributed by atoms with E-state index in [1.807, 2.05) is 6.08 Å². The van der Waals surface area contributed by atoms with E-state index in [-0.39, 0.29) is 5.60 Å². The van der Waals surface area contributed by atoms with Gasteiger partial charge in [-0.3, -0.25) is 0 Å². The number of hydrogen-bond acceptors (Lipinski definition) is 2. The summed E-state index contributed by atoms with van der Waals surface area (Å²) in [7, 11) is 0.461. The molecule has 16 heavy (non-hydrogen) atoms. The second-order valence-electron chi connectivity index (χ2n) is 5.34. The van der Waals surface area contributed by atoms with E-state index in [2.05, 4.69) is 44.1 Å². The van der Waals surface area contributed by atoms with Gasteiger partial charge in [-0.15, -0.1) is 6.58 Å². The summed E-state index contributed by atoms with van der Waals surface area (Å²) in [4.78, 5) is 0. The van der Waals surface area contributed by atoms with Crippen LogP contribution in [0.5, 0.6) is 0 Å². The number of ether oxygens (including phenoxy) is 2. The van der Waals surface area contributed by atoms with Crippen LogP contribution in [-0.4, -0.2) is 27.4 Å². The number of methoxy groups -OCH3 is 1. The van der Waals surface area contributed by atoms with Crippen molar-refractivity contribution in [3.8, 4) is 0 Å². The fourth-order valence-electron chi connectivity index (χ4n) is 1.78. The quantitative estimate of drug-likeness (QED) is 0.540. The average molecular weight is 238 g/mol. The third-order valence-corrected chi connectivity index (χ3v) is 3.48. The summed E-state index contributed by atoms with van der Waals surface area (Å²) in [6, 6.07) is 0. The number of allylic oxidation sites excluding steroid dienone is 1. The predicted molar refractivity (Wildman–Crippen MR) is 71.1 cm³/mol. The second-order valence-corrected chi connectivity index (χ2v) is 10.4. The molecule has 0 saturated heterocycles. The molecule has 1 unspecified atom stereocenters. The maximum Gasteiger partial charge on any atom is 0.154 e. The summed E-state index contributed by atoms with van der Waals surface area (Å²) in [6.45, 7) is 11.2. The highest BCUT2D eigenvalue weighted by molar-refractivity contribution is 6.81. The Labute approximate surface area is 99.7 Å². The molecule has 0 saturated carbocycles. The number of rotatable bonds is 5. The minimum atomic E-state index is -1.24. The molecule has 0 bridgehead atoms. The molecule has 0 fully saturated rings. The third-order valence-electron chi connectivity index (χ3n) is 2.33. The van der Waals surface area contributed by atoms with E-state index in [9.17, 15) is 0 Å². The second kappa shape index (κ2) is 5.02. The summed E-state index contributed by atoms with van der Waals surface area (Å²) in [5, 5.41) is 0. The molecule has 0 aromatic carbocycles. The van der Waals surface area contributed by atoms with Crippen molar-refractivity contribution in [2.45, 2.75) is 31.7 Å². The van der Waals surface area contributed by atoms with Gasteiger partial charge in [0, 0.05) is 13.5 Å². The molecule has 0 aromatic heterocycles. The zero-order valence-corrected chi connectivity index (χ0v) is 11.7. The van der Waals surface area contributed by atoms with Crippen molar-refractivity contribution >= 4 is 8.07 Å². The van der Waals surface area contributed by atoms with Crippen LogP contribution in [-0.2, 0) is 9.47 Å². The molecule has 0 amide bonds. The van der Waals surface area contributed by atoms with Gasteiger partial charge in [0.15, 0.2) is 5.60 Å². The summed E-state index contributed by atoms with van der Waals surface area (Å²) in [6.07, 6.45) is 6.80. The predicted octanol–water partition coefficient (Wildman–Crippen LogP) is 3.30. The Balaban J connectivity index is 2.79. The molecule has 0 aliphatic carbocycles. The molecule has 2 nitrogen and oxygen atoms in total. The van der Waals surface area contributed by atoms with Gasteiger partial charge in [-0.1, -0.05) is 31.4 Å². The Bertz CT molecular complexity index is 312. The lowest BCUT2D eigenvalue weighted by molar-refractivity contribution is -0.00288. The monoisotopic (exact) mass is 238 g/mol. The Morgan fingerprint density at radius 2 is 2.19 bits per heavy atom. The fraction of sp³-hybridized carbons (Fsp3) is 0.538. The van der Waals surface area contributed by atoms with Crippen LogP contribution in [0.3, 0.4) is 0 Å². The first-order valence-electron chi connectivity index (χ1n) is 5.62. The lowest BCUT2D eigenvalue weighted by atomic mass is 10.0.